The first-order valence-electron chi connectivity index (χ1n) is 11.0. The van der Waals surface area contributed by atoms with Crippen molar-refractivity contribution < 1.29 is 40.1 Å². The van der Waals surface area contributed by atoms with Gasteiger partial charge in [0.25, 0.3) is 0 Å². The quantitative estimate of drug-likeness (QED) is 0.202. The van der Waals surface area contributed by atoms with Crippen LogP contribution in [0.15, 0.2) is 83.8 Å². The first-order chi connectivity index (χ1) is 17.3. The minimum absolute atomic E-state index is 0.0860. The van der Waals surface area contributed by atoms with Gasteiger partial charge < -0.3 is 9.45 Å². The van der Waals surface area contributed by atoms with Gasteiger partial charge in [-0.3, -0.25) is 4.79 Å². The molecule has 3 nitrogen and oxygen atoms in total. The normalized spacial score (nSPS) is 19.6. The second-order valence-corrected chi connectivity index (χ2v) is 10.5. The Labute approximate surface area is 211 Å². The molecule has 3 aromatic rings. The number of halogens is 7. The summed E-state index contributed by atoms with van der Waals surface area (Å²) in [7, 11) is 0. The number of hydrogen-bond donors (Lipinski definition) is 0. The number of nitrogens with zero attached hydrogens (tertiary/aromatic N) is 1. The van der Waals surface area contributed by atoms with Crippen LogP contribution in [0.25, 0.3) is 11.1 Å². The molecule has 37 heavy (non-hydrogen) atoms. The van der Waals surface area contributed by atoms with Crippen LogP contribution in [0, 0.1) is 0 Å². The molecular formula is C26H20F7NO2S. The fourth-order valence-electron chi connectivity index (χ4n) is 4.53. The van der Waals surface area contributed by atoms with Crippen LogP contribution < -0.4 is 0 Å². The number of carbonyl (C=O) groups is 1. The molecule has 1 fully saturated rings. The van der Waals surface area contributed by atoms with E-state index in [1.54, 1.807) is 24.3 Å². The molecular weight excluding hydrogens is 523 g/mol. The molecule has 2 unspecified atom stereocenters. The largest absolute Gasteiger partial charge is 0.611 e. The van der Waals surface area contributed by atoms with Crippen LogP contribution in [0.4, 0.5) is 30.7 Å². The summed E-state index contributed by atoms with van der Waals surface area (Å²) in [5.74, 6) is 0. The monoisotopic (exact) mass is 543 g/mol. The lowest BCUT2D eigenvalue weighted by atomic mass is 9.90. The molecule has 1 heterocycles. The van der Waals surface area contributed by atoms with E-state index in [9.17, 15) is 40.1 Å². The van der Waals surface area contributed by atoms with Crippen LogP contribution in [0.2, 0.25) is 0 Å². The zero-order valence-electron chi connectivity index (χ0n) is 19.0. The number of alkyl halides is 7. The van der Waals surface area contributed by atoms with Gasteiger partial charge in [0.2, 0.25) is 6.41 Å². The molecule has 4 rings (SSSR count). The van der Waals surface area contributed by atoms with Gasteiger partial charge in [-0.25, -0.2) is 4.39 Å². The predicted molar refractivity (Wildman–Crippen MR) is 124 cm³/mol. The molecule has 0 saturated carbocycles. The number of likely N-dealkylation sites (tertiary alicyclic amines) is 1. The topological polar surface area (TPSA) is 43.4 Å². The van der Waals surface area contributed by atoms with E-state index >= 15 is 0 Å². The lowest BCUT2D eigenvalue weighted by molar-refractivity contribution is -0.348. The molecule has 1 saturated heterocycles. The van der Waals surface area contributed by atoms with Crippen LogP contribution in [0.3, 0.4) is 0 Å². The SMILES string of the molecule is O=CN1CCC(c2ccc(C(F)(C(F)(F)F)C(F)(F)F)cc2)([S+]([O-])c2cccc(-c3ccccc3)c2)C1. The maximum absolute atomic E-state index is 14.5. The highest BCUT2D eigenvalue weighted by atomic mass is 32.2. The van der Waals surface area contributed by atoms with Gasteiger partial charge in [-0.2, -0.15) is 26.3 Å². The van der Waals surface area contributed by atoms with E-state index in [2.05, 4.69) is 0 Å². The third-order valence-corrected chi connectivity index (χ3v) is 8.47. The summed E-state index contributed by atoms with van der Waals surface area (Å²) in [5, 5.41) is 0. The maximum atomic E-state index is 14.5. The van der Waals surface area contributed by atoms with Crippen molar-refractivity contribution in [1.82, 2.24) is 4.90 Å². The Morgan fingerprint density at radius 2 is 1.41 bits per heavy atom. The minimum atomic E-state index is -6.24. The van der Waals surface area contributed by atoms with Crippen molar-refractivity contribution in [3.63, 3.8) is 0 Å². The van der Waals surface area contributed by atoms with Crippen LogP contribution in [0.5, 0.6) is 0 Å². The standard InChI is InChI=1S/C26H20F7NO2S/c27-24(25(28,29)30,26(31,32)33)21-11-9-20(10-12-21)23(13-14-34(16-23)17-35)37(36)22-8-4-7-19(15-22)18-5-2-1-3-6-18/h1-12,15,17H,13-14,16H2. The molecule has 0 radical (unpaired) electrons. The summed E-state index contributed by atoms with van der Waals surface area (Å²) in [6.07, 6.45) is -11.8. The van der Waals surface area contributed by atoms with E-state index < -0.39 is 39.5 Å². The Hall–Kier alpha value is -3.05. The van der Waals surface area contributed by atoms with Crippen molar-refractivity contribution in [3.05, 3.63) is 90.0 Å². The predicted octanol–water partition coefficient (Wildman–Crippen LogP) is 6.51. The number of rotatable bonds is 6. The molecule has 0 N–H and O–H groups in total. The third-order valence-electron chi connectivity index (χ3n) is 6.51. The summed E-state index contributed by atoms with van der Waals surface area (Å²) in [6, 6.07) is 18.6. The van der Waals surface area contributed by atoms with Gasteiger partial charge in [0.05, 0.1) is 6.54 Å². The molecule has 0 aromatic heterocycles. The van der Waals surface area contributed by atoms with Crippen molar-refractivity contribution in [3.8, 4) is 11.1 Å². The first kappa shape index (κ1) is 27.0. The molecule has 0 spiro atoms. The Morgan fingerprint density at radius 1 is 0.811 bits per heavy atom. The summed E-state index contributed by atoms with van der Waals surface area (Å²) in [4.78, 5) is 13.2. The van der Waals surface area contributed by atoms with Crippen LogP contribution in [-0.2, 0) is 26.4 Å². The lowest BCUT2D eigenvalue weighted by Crippen LogP contribution is -2.50. The number of hydrogen-bond acceptors (Lipinski definition) is 2. The Balaban J connectivity index is 1.77. The number of benzene rings is 3. The summed E-state index contributed by atoms with van der Waals surface area (Å²) >= 11 is -1.88. The van der Waals surface area contributed by atoms with Gasteiger partial charge in [0.15, 0.2) is 9.64 Å². The van der Waals surface area contributed by atoms with Crippen molar-refractivity contribution in [2.75, 3.05) is 13.1 Å². The van der Waals surface area contributed by atoms with Gasteiger partial charge in [-0.05, 0) is 28.4 Å². The van der Waals surface area contributed by atoms with Gasteiger partial charge in [-0.15, -0.1) is 0 Å². The zero-order valence-corrected chi connectivity index (χ0v) is 19.8. The molecule has 11 heteroatoms. The average Bonchev–Trinajstić information content (AvgIpc) is 3.33. The lowest BCUT2D eigenvalue weighted by Gasteiger charge is -2.33. The van der Waals surface area contributed by atoms with Crippen LogP contribution in [-0.4, -0.2) is 41.3 Å². The van der Waals surface area contributed by atoms with Gasteiger partial charge >= 0.3 is 18.0 Å². The molecule has 0 aliphatic carbocycles. The molecule has 1 amide bonds. The molecule has 2 atom stereocenters. The van der Waals surface area contributed by atoms with Crippen molar-refractivity contribution in [2.24, 2.45) is 0 Å². The van der Waals surface area contributed by atoms with E-state index in [0.717, 1.165) is 23.3 Å². The average molecular weight is 544 g/mol. The number of amides is 1. The van der Waals surface area contributed by atoms with Crippen molar-refractivity contribution in [1.29, 1.82) is 0 Å². The minimum Gasteiger partial charge on any atom is -0.611 e. The molecule has 0 bridgehead atoms. The Kier molecular flexibility index (Phi) is 7.06. The van der Waals surface area contributed by atoms with E-state index in [-0.39, 0.29) is 25.1 Å². The molecule has 196 valence electrons. The fraction of sp³-hybridized carbons (Fsp3) is 0.269. The fourth-order valence-corrected chi connectivity index (χ4v) is 6.33. The highest BCUT2D eigenvalue weighted by Crippen LogP contribution is 2.53. The van der Waals surface area contributed by atoms with E-state index in [0.29, 0.717) is 23.4 Å². The maximum Gasteiger partial charge on any atom is 0.435 e. The van der Waals surface area contributed by atoms with Crippen molar-refractivity contribution in [2.45, 2.75) is 34.1 Å². The van der Waals surface area contributed by atoms with Gasteiger partial charge in [0.1, 0.15) is 0 Å². The van der Waals surface area contributed by atoms with Crippen LogP contribution >= 0.6 is 0 Å². The van der Waals surface area contributed by atoms with Gasteiger partial charge in [-0.1, -0.05) is 66.7 Å². The Morgan fingerprint density at radius 3 is 1.95 bits per heavy atom. The molecule has 1 aliphatic heterocycles. The highest BCUT2D eigenvalue weighted by Gasteiger charge is 2.73. The second-order valence-electron chi connectivity index (χ2n) is 8.71. The Bertz CT molecular complexity index is 1230. The van der Waals surface area contributed by atoms with Crippen LogP contribution in [0.1, 0.15) is 17.5 Å². The highest BCUT2D eigenvalue weighted by molar-refractivity contribution is 7.92. The first-order valence-corrected chi connectivity index (χ1v) is 12.2. The zero-order chi connectivity index (χ0) is 27.1. The third kappa shape index (κ3) is 4.70. The molecule has 3 aromatic carbocycles. The van der Waals surface area contributed by atoms with E-state index in [4.69, 9.17) is 0 Å². The second kappa shape index (κ2) is 9.68. The van der Waals surface area contributed by atoms with Crippen molar-refractivity contribution >= 4 is 17.6 Å². The summed E-state index contributed by atoms with van der Waals surface area (Å²) < 4.78 is 106. The smallest absolute Gasteiger partial charge is 0.435 e. The summed E-state index contributed by atoms with van der Waals surface area (Å²) in [6.45, 7) is 0.0881. The van der Waals surface area contributed by atoms with E-state index in [1.807, 2.05) is 30.3 Å². The number of carbonyl (C=O) groups excluding carboxylic acids is 1. The molecule has 1 aliphatic rings. The summed E-state index contributed by atoms with van der Waals surface area (Å²) in [5.41, 5.74) is -5.47. The van der Waals surface area contributed by atoms with Gasteiger partial charge in [0, 0.05) is 30.2 Å². The van der Waals surface area contributed by atoms with E-state index in [1.165, 1.54) is 4.90 Å².